The van der Waals surface area contributed by atoms with Gasteiger partial charge in [0.25, 0.3) is 0 Å². The van der Waals surface area contributed by atoms with Gasteiger partial charge in [-0.3, -0.25) is 4.79 Å². The van der Waals surface area contributed by atoms with Crippen molar-refractivity contribution >= 4 is 21.7 Å². The summed E-state index contributed by atoms with van der Waals surface area (Å²) in [6.07, 6.45) is 0.632. The molecule has 94 valence electrons. The first-order valence-electron chi connectivity index (χ1n) is 5.94. The average molecular weight is 308 g/mol. The molecule has 4 heteroatoms. The van der Waals surface area contributed by atoms with Gasteiger partial charge in [0.1, 0.15) is 5.92 Å². The van der Waals surface area contributed by atoms with E-state index in [0.29, 0.717) is 13.0 Å². The molecule has 0 spiro atoms. The van der Waals surface area contributed by atoms with Crippen molar-refractivity contribution in [3.05, 3.63) is 34.3 Å². The molecule has 1 saturated heterocycles. The quantitative estimate of drug-likeness (QED) is 0.862. The van der Waals surface area contributed by atoms with E-state index in [1.807, 2.05) is 31.2 Å². The van der Waals surface area contributed by atoms with Gasteiger partial charge in [-0.05, 0) is 31.0 Å². The molecule has 2 rings (SSSR count). The third-order valence-corrected chi connectivity index (χ3v) is 3.83. The van der Waals surface area contributed by atoms with E-state index in [1.165, 1.54) is 0 Å². The van der Waals surface area contributed by atoms with Crippen LogP contribution >= 0.6 is 15.9 Å². The third-order valence-electron chi connectivity index (χ3n) is 3.34. The SMILES string of the molecule is CC1OCCC1C(=O)C(C#N)c1cccc(Br)c1. The Morgan fingerprint density at radius 2 is 2.39 bits per heavy atom. The molecule has 0 aliphatic carbocycles. The Labute approximate surface area is 115 Å². The highest BCUT2D eigenvalue weighted by atomic mass is 79.9. The first-order valence-corrected chi connectivity index (χ1v) is 6.73. The Hall–Kier alpha value is -1.18. The lowest BCUT2D eigenvalue weighted by Crippen LogP contribution is -2.26. The van der Waals surface area contributed by atoms with E-state index < -0.39 is 5.92 Å². The number of ketones is 1. The van der Waals surface area contributed by atoms with E-state index in [4.69, 9.17) is 4.74 Å². The van der Waals surface area contributed by atoms with Gasteiger partial charge in [-0.2, -0.15) is 5.26 Å². The molecule has 1 aliphatic rings. The van der Waals surface area contributed by atoms with Crippen molar-refractivity contribution in [2.24, 2.45) is 5.92 Å². The summed E-state index contributed by atoms with van der Waals surface area (Å²) in [5, 5.41) is 9.26. The number of ether oxygens (including phenoxy) is 1. The molecule has 1 heterocycles. The number of nitrogens with zero attached hydrogens (tertiary/aromatic N) is 1. The standard InChI is InChI=1S/C14H14BrNO2/c1-9-12(5-6-18-9)14(17)13(8-16)10-3-2-4-11(15)7-10/h2-4,7,9,12-13H,5-6H2,1H3. The minimum atomic E-state index is -0.698. The summed E-state index contributed by atoms with van der Waals surface area (Å²) in [4.78, 5) is 12.4. The van der Waals surface area contributed by atoms with Gasteiger partial charge in [0.05, 0.1) is 12.2 Å². The number of Topliss-reactive ketones (excluding diaryl/α,β-unsaturated/α-hetero) is 1. The Morgan fingerprint density at radius 1 is 1.61 bits per heavy atom. The second-order valence-electron chi connectivity index (χ2n) is 4.49. The van der Waals surface area contributed by atoms with Crippen LogP contribution in [0, 0.1) is 17.2 Å². The lowest BCUT2D eigenvalue weighted by atomic mass is 9.85. The van der Waals surface area contributed by atoms with Gasteiger partial charge in [-0.25, -0.2) is 0 Å². The number of hydrogen-bond acceptors (Lipinski definition) is 3. The molecule has 1 aliphatic heterocycles. The number of halogens is 1. The third kappa shape index (κ3) is 2.63. The van der Waals surface area contributed by atoms with E-state index in [1.54, 1.807) is 0 Å². The number of nitriles is 1. The van der Waals surface area contributed by atoms with Crippen molar-refractivity contribution in [3.8, 4) is 6.07 Å². The van der Waals surface area contributed by atoms with Crippen molar-refractivity contribution in [1.29, 1.82) is 5.26 Å². The van der Waals surface area contributed by atoms with Crippen molar-refractivity contribution in [1.82, 2.24) is 0 Å². The minimum absolute atomic E-state index is 0.0272. The van der Waals surface area contributed by atoms with Crippen LogP contribution in [-0.4, -0.2) is 18.5 Å². The lowest BCUT2D eigenvalue weighted by Gasteiger charge is -2.16. The summed E-state index contributed by atoms with van der Waals surface area (Å²) in [7, 11) is 0. The average Bonchev–Trinajstić information content (AvgIpc) is 2.76. The van der Waals surface area contributed by atoms with Crippen LogP contribution in [0.5, 0.6) is 0 Å². The van der Waals surface area contributed by atoms with Gasteiger partial charge in [0, 0.05) is 17.0 Å². The van der Waals surface area contributed by atoms with Crippen LogP contribution in [0.4, 0.5) is 0 Å². The highest BCUT2D eigenvalue weighted by molar-refractivity contribution is 9.10. The van der Waals surface area contributed by atoms with E-state index >= 15 is 0 Å². The Kier molecular flexibility index (Phi) is 4.15. The number of carbonyl (C=O) groups excluding carboxylic acids is 1. The van der Waals surface area contributed by atoms with E-state index in [0.717, 1.165) is 10.0 Å². The molecule has 1 fully saturated rings. The maximum absolute atomic E-state index is 12.4. The predicted molar refractivity (Wildman–Crippen MR) is 71.0 cm³/mol. The largest absolute Gasteiger partial charge is 0.378 e. The van der Waals surface area contributed by atoms with Crippen molar-refractivity contribution in [3.63, 3.8) is 0 Å². The van der Waals surface area contributed by atoms with E-state index in [2.05, 4.69) is 22.0 Å². The normalized spacial score (nSPS) is 24.5. The molecule has 1 aromatic rings. The first-order chi connectivity index (χ1) is 8.63. The van der Waals surface area contributed by atoms with Crippen LogP contribution < -0.4 is 0 Å². The molecule has 0 bridgehead atoms. The monoisotopic (exact) mass is 307 g/mol. The van der Waals surface area contributed by atoms with Gasteiger partial charge in [-0.1, -0.05) is 28.1 Å². The molecule has 0 radical (unpaired) electrons. The fraction of sp³-hybridized carbons (Fsp3) is 0.429. The second-order valence-corrected chi connectivity index (χ2v) is 5.41. The molecule has 18 heavy (non-hydrogen) atoms. The van der Waals surface area contributed by atoms with E-state index in [9.17, 15) is 10.1 Å². The van der Waals surface area contributed by atoms with Crippen LogP contribution in [0.2, 0.25) is 0 Å². The summed E-state index contributed by atoms with van der Waals surface area (Å²) in [6, 6.07) is 9.48. The molecular weight excluding hydrogens is 294 g/mol. The topological polar surface area (TPSA) is 50.1 Å². The number of rotatable bonds is 3. The molecule has 3 atom stereocenters. The molecular formula is C14H14BrNO2. The second kappa shape index (κ2) is 5.64. The van der Waals surface area contributed by atoms with Crippen LogP contribution in [0.3, 0.4) is 0 Å². The van der Waals surface area contributed by atoms with Crippen LogP contribution in [0.25, 0.3) is 0 Å². The molecule has 3 nitrogen and oxygen atoms in total. The van der Waals surface area contributed by atoms with Crippen LogP contribution in [0.1, 0.15) is 24.8 Å². The summed E-state index contributed by atoms with van der Waals surface area (Å²) < 4.78 is 6.28. The fourth-order valence-corrected chi connectivity index (χ4v) is 2.72. The zero-order valence-electron chi connectivity index (χ0n) is 10.1. The number of carbonyl (C=O) groups is 1. The van der Waals surface area contributed by atoms with E-state index in [-0.39, 0.29) is 17.8 Å². The molecule has 0 saturated carbocycles. The smallest absolute Gasteiger partial charge is 0.160 e. The maximum atomic E-state index is 12.4. The molecule has 3 unspecified atom stereocenters. The van der Waals surface area contributed by atoms with Gasteiger partial charge < -0.3 is 4.74 Å². The summed E-state index contributed by atoms with van der Waals surface area (Å²) in [5.41, 5.74) is 0.746. The van der Waals surface area contributed by atoms with Gasteiger partial charge in [0.15, 0.2) is 5.78 Å². The maximum Gasteiger partial charge on any atom is 0.160 e. The van der Waals surface area contributed by atoms with Crippen molar-refractivity contribution in [2.75, 3.05) is 6.61 Å². The summed E-state index contributed by atoms with van der Waals surface area (Å²) in [5.74, 6) is -0.883. The van der Waals surface area contributed by atoms with Gasteiger partial charge in [-0.15, -0.1) is 0 Å². The molecule has 0 N–H and O–H groups in total. The predicted octanol–water partition coefficient (Wildman–Crippen LogP) is 3.05. The van der Waals surface area contributed by atoms with Crippen molar-refractivity contribution < 1.29 is 9.53 Å². The van der Waals surface area contributed by atoms with Gasteiger partial charge in [0.2, 0.25) is 0 Å². The number of hydrogen-bond donors (Lipinski definition) is 0. The summed E-state index contributed by atoms with van der Waals surface area (Å²) in [6.45, 7) is 2.50. The van der Waals surface area contributed by atoms with Crippen molar-refractivity contribution in [2.45, 2.75) is 25.4 Å². The molecule has 0 aromatic heterocycles. The zero-order chi connectivity index (χ0) is 13.1. The first kappa shape index (κ1) is 13.3. The lowest BCUT2D eigenvalue weighted by molar-refractivity contribution is -0.124. The Bertz CT molecular complexity index is 495. The van der Waals surface area contributed by atoms with Gasteiger partial charge >= 0.3 is 0 Å². The highest BCUT2D eigenvalue weighted by Crippen LogP contribution is 2.29. The minimum Gasteiger partial charge on any atom is -0.378 e. The summed E-state index contributed by atoms with van der Waals surface area (Å²) >= 11 is 3.36. The Balaban J connectivity index is 2.24. The number of benzene rings is 1. The fourth-order valence-electron chi connectivity index (χ4n) is 2.31. The highest BCUT2D eigenvalue weighted by Gasteiger charge is 2.35. The van der Waals surface area contributed by atoms with Crippen LogP contribution in [-0.2, 0) is 9.53 Å². The Morgan fingerprint density at radius 3 is 2.94 bits per heavy atom. The zero-order valence-corrected chi connectivity index (χ0v) is 11.7. The molecule has 0 amide bonds. The van der Waals surface area contributed by atoms with Crippen LogP contribution in [0.15, 0.2) is 28.7 Å². The molecule has 1 aromatic carbocycles.